The Bertz CT molecular complexity index is 1240. The number of halogens is 3. The Hall–Kier alpha value is -3.33. The number of benzene rings is 3. The van der Waals surface area contributed by atoms with Crippen LogP contribution >= 0.6 is 34.8 Å². The first kappa shape index (κ1) is 26.7. The Morgan fingerprint density at radius 2 is 1.54 bits per heavy atom. The standard InChI is InChI=1S/C26H26Cl3N5O3/c1-2-37-23-11-6-17(27)16-22(23)31-25(35)30-18-7-9-19(10-8-18)33-12-14-34(15-13-33)26(36)32-24-20(28)4-3-5-21(24)29/h3-11,16H,2,12-15H2,1H3,(H,32,36)(H2,30,31,35). The molecule has 4 amide bonds. The van der Waals surface area contributed by atoms with E-state index in [9.17, 15) is 9.59 Å². The van der Waals surface area contributed by atoms with Crippen molar-refractivity contribution in [1.29, 1.82) is 0 Å². The van der Waals surface area contributed by atoms with E-state index < -0.39 is 6.03 Å². The first-order chi connectivity index (χ1) is 17.8. The van der Waals surface area contributed by atoms with Crippen LogP contribution in [0.3, 0.4) is 0 Å². The van der Waals surface area contributed by atoms with Crippen LogP contribution in [-0.2, 0) is 0 Å². The molecule has 0 atom stereocenters. The molecule has 0 unspecified atom stereocenters. The van der Waals surface area contributed by atoms with Gasteiger partial charge in [0.25, 0.3) is 0 Å². The summed E-state index contributed by atoms with van der Waals surface area (Å²) in [5, 5.41) is 9.67. The molecule has 0 saturated carbocycles. The lowest BCUT2D eigenvalue weighted by molar-refractivity contribution is 0.208. The van der Waals surface area contributed by atoms with Crippen LogP contribution in [0.2, 0.25) is 15.1 Å². The van der Waals surface area contributed by atoms with Crippen LogP contribution in [0.5, 0.6) is 5.75 Å². The number of para-hydroxylation sites is 1. The number of amides is 4. The lowest BCUT2D eigenvalue weighted by Crippen LogP contribution is -2.50. The second-order valence-corrected chi connectivity index (χ2v) is 9.45. The van der Waals surface area contributed by atoms with Crippen LogP contribution in [-0.4, -0.2) is 49.7 Å². The molecule has 0 bridgehead atoms. The lowest BCUT2D eigenvalue weighted by atomic mass is 10.2. The predicted molar refractivity (Wildman–Crippen MR) is 151 cm³/mol. The maximum Gasteiger partial charge on any atom is 0.323 e. The van der Waals surface area contributed by atoms with Gasteiger partial charge in [-0.25, -0.2) is 9.59 Å². The molecule has 3 N–H and O–H groups in total. The van der Waals surface area contributed by atoms with Crippen molar-refractivity contribution in [3.05, 3.63) is 75.7 Å². The Morgan fingerprint density at radius 1 is 0.865 bits per heavy atom. The summed E-state index contributed by atoms with van der Waals surface area (Å²) in [5.74, 6) is 0.542. The summed E-state index contributed by atoms with van der Waals surface area (Å²) in [6.07, 6.45) is 0. The molecular weight excluding hydrogens is 537 g/mol. The molecule has 1 saturated heterocycles. The number of piperazine rings is 1. The van der Waals surface area contributed by atoms with Crippen LogP contribution in [0.4, 0.5) is 32.3 Å². The second kappa shape index (κ2) is 12.3. The van der Waals surface area contributed by atoms with E-state index in [0.717, 1.165) is 5.69 Å². The number of anilines is 4. The molecule has 1 aliphatic rings. The average molecular weight is 563 g/mol. The quantitative estimate of drug-likeness (QED) is 0.301. The molecule has 0 aliphatic carbocycles. The Kier molecular flexibility index (Phi) is 8.87. The highest BCUT2D eigenvalue weighted by atomic mass is 35.5. The minimum absolute atomic E-state index is 0.243. The van der Waals surface area contributed by atoms with Crippen molar-refractivity contribution >= 4 is 69.6 Å². The van der Waals surface area contributed by atoms with Gasteiger partial charge in [0.1, 0.15) is 5.75 Å². The summed E-state index contributed by atoms with van der Waals surface area (Å²) in [6.45, 7) is 4.73. The number of hydrogen-bond acceptors (Lipinski definition) is 4. The summed E-state index contributed by atoms with van der Waals surface area (Å²) in [6, 6.07) is 17.0. The van der Waals surface area contributed by atoms with Crippen molar-refractivity contribution < 1.29 is 14.3 Å². The molecule has 1 aliphatic heterocycles. The maximum absolute atomic E-state index is 12.7. The van der Waals surface area contributed by atoms with Crippen molar-refractivity contribution in [3.63, 3.8) is 0 Å². The van der Waals surface area contributed by atoms with Gasteiger partial charge in [-0.3, -0.25) is 0 Å². The summed E-state index contributed by atoms with van der Waals surface area (Å²) in [4.78, 5) is 29.1. The summed E-state index contributed by atoms with van der Waals surface area (Å²) >= 11 is 18.4. The van der Waals surface area contributed by atoms with Gasteiger partial charge in [0.05, 0.1) is 28.0 Å². The molecule has 0 aromatic heterocycles. The van der Waals surface area contributed by atoms with Crippen LogP contribution in [0.1, 0.15) is 6.92 Å². The van der Waals surface area contributed by atoms with Gasteiger partial charge in [0.15, 0.2) is 0 Å². The molecule has 0 radical (unpaired) electrons. The van der Waals surface area contributed by atoms with Gasteiger partial charge in [-0.15, -0.1) is 0 Å². The minimum Gasteiger partial charge on any atom is -0.492 e. The maximum atomic E-state index is 12.7. The van der Waals surface area contributed by atoms with Gasteiger partial charge in [-0.2, -0.15) is 0 Å². The van der Waals surface area contributed by atoms with Gasteiger partial charge < -0.3 is 30.5 Å². The number of ether oxygens (including phenoxy) is 1. The first-order valence-corrected chi connectivity index (χ1v) is 12.8. The van der Waals surface area contributed by atoms with Crippen molar-refractivity contribution in [2.75, 3.05) is 53.6 Å². The van der Waals surface area contributed by atoms with Crippen molar-refractivity contribution in [1.82, 2.24) is 4.90 Å². The molecule has 4 rings (SSSR count). The van der Waals surface area contributed by atoms with E-state index in [2.05, 4.69) is 20.9 Å². The van der Waals surface area contributed by atoms with Gasteiger partial charge in [-0.1, -0.05) is 40.9 Å². The fourth-order valence-corrected chi connectivity index (χ4v) is 4.56. The molecule has 1 heterocycles. The van der Waals surface area contributed by atoms with Gasteiger partial charge in [0, 0.05) is 42.6 Å². The molecule has 3 aromatic carbocycles. The number of nitrogens with one attached hydrogen (secondary N) is 3. The molecule has 8 nitrogen and oxygen atoms in total. The Balaban J connectivity index is 1.29. The monoisotopic (exact) mass is 561 g/mol. The van der Waals surface area contributed by atoms with Crippen molar-refractivity contribution in [2.45, 2.75) is 6.92 Å². The Morgan fingerprint density at radius 3 is 2.19 bits per heavy atom. The second-order valence-electron chi connectivity index (χ2n) is 8.20. The average Bonchev–Trinajstić information content (AvgIpc) is 2.88. The number of carbonyl (C=O) groups is 2. The van der Waals surface area contributed by atoms with E-state index in [1.165, 1.54) is 0 Å². The molecule has 11 heteroatoms. The van der Waals surface area contributed by atoms with Gasteiger partial charge >= 0.3 is 12.1 Å². The van der Waals surface area contributed by atoms with Gasteiger partial charge in [-0.05, 0) is 61.5 Å². The van der Waals surface area contributed by atoms with Gasteiger partial charge in [0.2, 0.25) is 0 Å². The third-order valence-corrected chi connectivity index (χ3v) is 6.61. The van der Waals surface area contributed by atoms with Crippen LogP contribution in [0, 0.1) is 0 Å². The molecule has 0 spiro atoms. The zero-order valence-electron chi connectivity index (χ0n) is 20.1. The number of hydrogen-bond donors (Lipinski definition) is 3. The number of urea groups is 2. The van der Waals surface area contributed by atoms with E-state index in [-0.39, 0.29) is 6.03 Å². The van der Waals surface area contributed by atoms with E-state index in [0.29, 0.717) is 70.7 Å². The highest BCUT2D eigenvalue weighted by molar-refractivity contribution is 6.39. The third-order valence-electron chi connectivity index (χ3n) is 5.74. The van der Waals surface area contributed by atoms with Crippen LogP contribution in [0.15, 0.2) is 60.7 Å². The molecule has 3 aromatic rings. The summed E-state index contributed by atoms with van der Waals surface area (Å²) < 4.78 is 5.54. The minimum atomic E-state index is -0.408. The van der Waals surface area contributed by atoms with E-state index in [1.807, 2.05) is 31.2 Å². The SMILES string of the molecule is CCOc1ccc(Cl)cc1NC(=O)Nc1ccc(N2CCN(C(=O)Nc3c(Cl)cccc3Cl)CC2)cc1. The fraction of sp³-hybridized carbons (Fsp3) is 0.231. The summed E-state index contributed by atoms with van der Waals surface area (Å²) in [5.41, 5.74) is 2.53. The zero-order valence-corrected chi connectivity index (χ0v) is 22.3. The van der Waals surface area contributed by atoms with Crippen LogP contribution < -0.4 is 25.6 Å². The van der Waals surface area contributed by atoms with Crippen molar-refractivity contribution in [3.8, 4) is 5.75 Å². The smallest absolute Gasteiger partial charge is 0.323 e. The normalized spacial score (nSPS) is 13.2. The first-order valence-electron chi connectivity index (χ1n) is 11.7. The third kappa shape index (κ3) is 6.91. The topological polar surface area (TPSA) is 85.9 Å². The molecular formula is C26H26Cl3N5O3. The van der Waals surface area contributed by atoms with E-state index >= 15 is 0 Å². The highest BCUT2D eigenvalue weighted by Crippen LogP contribution is 2.31. The number of nitrogens with zero attached hydrogens (tertiary/aromatic N) is 2. The fourth-order valence-electron chi connectivity index (χ4n) is 3.89. The van der Waals surface area contributed by atoms with Crippen LogP contribution in [0.25, 0.3) is 0 Å². The van der Waals surface area contributed by atoms with Crippen molar-refractivity contribution in [2.24, 2.45) is 0 Å². The highest BCUT2D eigenvalue weighted by Gasteiger charge is 2.22. The molecule has 37 heavy (non-hydrogen) atoms. The van der Waals surface area contributed by atoms with E-state index in [4.69, 9.17) is 39.5 Å². The number of carbonyl (C=O) groups excluding carboxylic acids is 2. The predicted octanol–water partition coefficient (Wildman–Crippen LogP) is 7.04. The summed E-state index contributed by atoms with van der Waals surface area (Å²) in [7, 11) is 0. The largest absolute Gasteiger partial charge is 0.492 e. The molecule has 194 valence electrons. The number of rotatable bonds is 6. The lowest BCUT2D eigenvalue weighted by Gasteiger charge is -2.36. The zero-order chi connectivity index (χ0) is 26.4. The molecule has 1 fully saturated rings. The Labute approximate surface area is 230 Å². The van der Waals surface area contributed by atoms with E-state index in [1.54, 1.807) is 41.3 Å².